The van der Waals surface area contributed by atoms with Gasteiger partial charge in [-0.2, -0.15) is 0 Å². The van der Waals surface area contributed by atoms with Crippen LogP contribution in [0.4, 0.5) is 4.79 Å². The number of hydrogen-bond donors (Lipinski definition) is 3. The summed E-state index contributed by atoms with van der Waals surface area (Å²) in [5, 5.41) is 15.8. The number of alkyl carbamates (subject to hydrolysis) is 1. The van der Waals surface area contributed by atoms with Crippen molar-refractivity contribution in [3.05, 3.63) is 65.7 Å². The lowest BCUT2D eigenvalue weighted by Crippen LogP contribution is -2.56. The lowest BCUT2D eigenvalue weighted by Gasteiger charge is -2.38. The number of rotatable bonds is 10. The molecule has 8 heteroatoms. The van der Waals surface area contributed by atoms with Gasteiger partial charge >= 0.3 is 6.09 Å². The van der Waals surface area contributed by atoms with Gasteiger partial charge in [0.1, 0.15) is 23.4 Å². The summed E-state index contributed by atoms with van der Waals surface area (Å²) in [6.45, 7) is 12.7. The molecule has 0 saturated carbocycles. The standard InChI is InChI=1S/C29H41N3O5/c1-8-20(4)32(25(26(34)30-19(2)3)22-15-12-16-23(33)18-22)27(35)24(17-21-13-10-9-11-14-21)31-28(36)37-29(5,6)7/h9-16,18-20,24-25,33H,8,17H2,1-7H3,(H,30,34)(H,31,36). The fourth-order valence-electron chi connectivity index (χ4n) is 3.97. The van der Waals surface area contributed by atoms with Crippen molar-refractivity contribution in [1.29, 1.82) is 0 Å². The van der Waals surface area contributed by atoms with Gasteiger partial charge in [0.25, 0.3) is 0 Å². The summed E-state index contributed by atoms with van der Waals surface area (Å²) in [7, 11) is 0. The van der Waals surface area contributed by atoms with Crippen LogP contribution in [-0.4, -0.2) is 51.6 Å². The molecule has 0 aliphatic rings. The lowest BCUT2D eigenvalue weighted by atomic mass is 9.97. The van der Waals surface area contributed by atoms with Crippen LogP contribution in [0, 0.1) is 0 Å². The normalized spacial score (nSPS) is 13.8. The maximum Gasteiger partial charge on any atom is 0.408 e. The Morgan fingerprint density at radius 3 is 2.16 bits per heavy atom. The highest BCUT2D eigenvalue weighted by atomic mass is 16.6. The molecule has 2 rings (SSSR count). The van der Waals surface area contributed by atoms with Gasteiger partial charge in [-0.15, -0.1) is 0 Å². The highest BCUT2D eigenvalue weighted by Crippen LogP contribution is 2.29. The number of carbonyl (C=O) groups is 3. The number of phenols is 1. The summed E-state index contributed by atoms with van der Waals surface area (Å²) >= 11 is 0. The highest BCUT2D eigenvalue weighted by Gasteiger charge is 2.38. The van der Waals surface area contributed by atoms with Crippen molar-refractivity contribution in [2.24, 2.45) is 0 Å². The molecule has 3 amide bonds. The third-order valence-corrected chi connectivity index (χ3v) is 5.74. The molecule has 3 unspecified atom stereocenters. The van der Waals surface area contributed by atoms with Crippen LogP contribution in [0.1, 0.15) is 72.1 Å². The molecular formula is C29H41N3O5. The smallest absolute Gasteiger partial charge is 0.408 e. The number of hydrogen-bond acceptors (Lipinski definition) is 5. The molecule has 2 aromatic rings. The van der Waals surface area contributed by atoms with E-state index in [4.69, 9.17) is 4.74 Å². The molecule has 8 nitrogen and oxygen atoms in total. The van der Waals surface area contributed by atoms with Crippen LogP contribution < -0.4 is 10.6 Å². The number of ether oxygens (including phenoxy) is 1. The molecule has 0 radical (unpaired) electrons. The van der Waals surface area contributed by atoms with E-state index in [0.717, 1.165) is 5.56 Å². The topological polar surface area (TPSA) is 108 Å². The average Bonchev–Trinajstić information content (AvgIpc) is 2.80. The van der Waals surface area contributed by atoms with Crippen LogP contribution in [0.2, 0.25) is 0 Å². The fraction of sp³-hybridized carbons (Fsp3) is 0.483. The Kier molecular flexibility index (Phi) is 10.5. The number of nitrogens with one attached hydrogen (secondary N) is 2. The van der Waals surface area contributed by atoms with E-state index in [-0.39, 0.29) is 30.2 Å². The minimum atomic E-state index is -1.02. The molecule has 37 heavy (non-hydrogen) atoms. The summed E-state index contributed by atoms with van der Waals surface area (Å²) < 4.78 is 5.45. The van der Waals surface area contributed by atoms with Gasteiger partial charge in [0, 0.05) is 18.5 Å². The highest BCUT2D eigenvalue weighted by molar-refractivity contribution is 5.92. The molecule has 0 fully saturated rings. The predicted octanol–water partition coefficient (Wildman–Crippen LogP) is 4.72. The Morgan fingerprint density at radius 2 is 1.62 bits per heavy atom. The van der Waals surface area contributed by atoms with Crippen LogP contribution in [0.25, 0.3) is 0 Å². The molecule has 202 valence electrons. The van der Waals surface area contributed by atoms with Crippen molar-refractivity contribution in [3.8, 4) is 5.75 Å². The molecule has 0 aliphatic heterocycles. The zero-order valence-corrected chi connectivity index (χ0v) is 22.9. The Hall–Kier alpha value is -3.55. The van der Waals surface area contributed by atoms with Crippen molar-refractivity contribution < 1.29 is 24.2 Å². The molecule has 0 bridgehead atoms. The van der Waals surface area contributed by atoms with E-state index in [1.165, 1.54) is 17.0 Å². The molecule has 0 aromatic heterocycles. The third kappa shape index (κ3) is 9.12. The van der Waals surface area contributed by atoms with Gasteiger partial charge < -0.3 is 25.4 Å². The second-order valence-corrected chi connectivity index (χ2v) is 10.6. The van der Waals surface area contributed by atoms with Crippen molar-refractivity contribution in [2.75, 3.05) is 0 Å². The summed E-state index contributed by atoms with van der Waals surface area (Å²) in [4.78, 5) is 42.1. The second kappa shape index (κ2) is 13.1. The van der Waals surface area contributed by atoms with Gasteiger partial charge in [-0.1, -0.05) is 49.4 Å². The second-order valence-electron chi connectivity index (χ2n) is 10.6. The lowest BCUT2D eigenvalue weighted by molar-refractivity contribution is -0.145. The number of carbonyl (C=O) groups excluding carboxylic acids is 3. The van der Waals surface area contributed by atoms with E-state index < -0.39 is 29.7 Å². The largest absolute Gasteiger partial charge is 0.508 e. The maximum absolute atomic E-state index is 14.3. The molecule has 0 heterocycles. The molecular weight excluding hydrogens is 470 g/mol. The first-order valence-electron chi connectivity index (χ1n) is 12.8. The fourth-order valence-corrected chi connectivity index (χ4v) is 3.97. The summed E-state index contributed by atoms with van der Waals surface area (Å²) in [5.41, 5.74) is 0.575. The van der Waals surface area contributed by atoms with Crippen LogP contribution in [0.5, 0.6) is 5.75 Å². The summed E-state index contributed by atoms with van der Waals surface area (Å²) in [5.74, 6) is -0.801. The first-order chi connectivity index (χ1) is 17.3. The first-order valence-corrected chi connectivity index (χ1v) is 12.8. The van der Waals surface area contributed by atoms with E-state index in [2.05, 4.69) is 10.6 Å². The molecule has 0 saturated heterocycles. The average molecular weight is 512 g/mol. The van der Waals surface area contributed by atoms with E-state index in [0.29, 0.717) is 12.0 Å². The molecule has 3 N–H and O–H groups in total. The van der Waals surface area contributed by atoms with Crippen molar-refractivity contribution in [2.45, 2.75) is 91.1 Å². The van der Waals surface area contributed by atoms with Crippen molar-refractivity contribution >= 4 is 17.9 Å². The maximum atomic E-state index is 14.3. The predicted molar refractivity (Wildman–Crippen MR) is 144 cm³/mol. The Labute approximate surface area is 220 Å². The van der Waals surface area contributed by atoms with Crippen molar-refractivity contribution in [3.63, 3.8) is 0 Å². The van der Waals surface area contributed by atoms with Crippen molar-refractivity contribution in [1.82, 2.24) is 15.5 Å². The van der Waals surface area contributed by atoms with E-state index in [1.807, 2.05) is 58.0 Å². The van der Waals surface area contributed by atoms with E-state index >= 15 is 0 Å². The number of phenolic OH excluding ortho intramolecular Hbond substituents is 1. The van der Waals surface area contributed by atoms with Gasteiger partial charge in [0.15, 0.2) is 0 Å². The molecule has 3 atom stereocenters. The minimum absolute atomic E-state index is 0.0101. The van der Waals surface area contributed by atoms with Crippen LogP contribution in [-0.2, 0) is 20.7 Å². The number of nitrogens with zero attached hydrogens (tertiary/aromatic N) is 1. The number of amides is 3. The SMILES string of the molecule is CCC(C)N(C(=O)C(Cc1ccccc1)NC(=O)OC(C)(C)C)C(C(=O)NC(C)C)c1cccc(O)c1. The Morgan fingerprint density at radius 1 is 0.973 bits per heavy atom. The quantitative estimate of drug-likeness (QED) is 0.428. The van der Waals surface area contributed by atoms with Gasteiger partial charge in [0.05, 0.1) is 0 Å². The van der Waals surface area contributed by atoms with Crippen LogP contribution in [0.3, 0.4) is 0 Å². The first kappa shape index (κ1) is 29.7. The monoisotopic (exact) mass is 511 g/mol. The Balaban J connectivity index is 2.57. The van der Waals surface area contributed by atoms with Crippen LogP contribution in [0.15, 0.2) is 54.6 Å². The van der Waals surface area contributed by atoms with Gasteiger partial charge in [-0.05, 0) is 71.2 Å². The zero-order valence-electron chi connectivity index (χ0n) is 22.9. The molecule has 2 aromatic carbocycles. The zero-order chi connectivity index (χ0) is 27.8. The van der Waals surface area contributed by atoms with Crippen LogP contribution >= 0.6 is 0 Å². The molecule has 0 aliphatic carbocycles. The van der Waals surface area contributed by atoms with E-state index in [1.54, 1.807) is 32.9 Å². The number of aromatic hydroxyl groups is 1. The van der Waals surface area contributed by atoms with Gasteiger partial charge in [-0.3, -0.25) is 9.59 Å². The summed E-state index contributed by atoms with van der Waals surface area (Å²) in [6, 6.07) is 13.2. The van der Waals surface area contributed by atoms with E-state index in [9.17, 15) is 19.5 Å². The minimum Gasteiger partial charge on any atom is -0.508 e. The summed E-state index contributed by atoms with van der Waals surface area (Å²) in [6.07, 6.45) is 0.0664. The number of benzene rings is 2. The van der Waals surface area contributed by atoms with Gasteiger partial charge in [0.2, 0.25) is 11.8 Å². The Bertz CT molecular complexity index is 1050. The molecule has 0 spiro atoms. The third-order valence-electron chi connectivity index (χ3n) is 5.74. The van der Waals surface area contributed by atoms with Gasteiger partial charge in [-0.25, -0.2) is 4.79 Å².